The quantitative estimate of drug-likeness (QED) is 0.418. The van der Waals surface area contributed by atoms with Gasteiger partial charge in [0.25, 0.3) is 0 Å². The number of nitrogens with zero attached hydrogens (tertiary/aromatic N) is 2. The number of thiazole rings is 1. The zero-order chi connectivity index (χ0) is 15.5. The fraction of sp³-hybridized carbons (Fsp3) is 0.750. The third-order valence-electron chi connectivity index (χ3n) is 3.25. The van der Waals surface area contributed by atoms with Crippen LogP contribution in [0.5, 0.6) is 0 Å². The maximum atomic E-state index is 4.49. The molecule has 0 amide bonds. The summed E-state index contributed by atoms with van der Waals surface area (Å²) in [7, 11) is 1.83. The average molecular weight is 311 g/mol. The monoisotopic (exact) mass is 310 g/mol. The van der Waals surface area contributed by atoms with Gasteiger partial charge < -0.3 is 10.6 Å². The molecule has 0 saturated carbocycles. The normalized spacial score (nSPS) is 12.0. The van der Waals surface area contributed by atoms with Gasteiger partial charge >= 0.3 is 0 Å². The second kappa shape index (κ2) is 10.6. The average Bonchev–Trinajstić information content (AvgIpc) is 2.86. The van der Waals surface area contributed by atoms with E-state index in [1.165, 1.54) is 24.3 Å². The Morgan fingerprint density at radius 1 is 1.24 bits per heavy atom. The fourth-order valence-electron chi connectivity index (χ4n) is 2.06. The summed E-state index contributed by atoms with van der Waals surface area (Å²) in [5.41, 5.74) is 1.14. The van der Waals surface area contributed by atoms with Gasteiger partial charge in [-0.2, -0.15) is 0 Å². The molecule has 0 aromatic carbocycles. The summed E-state index contributed by atoms with van der Waals surface area (Å²) >= 11 is 1.77. The Hall–Kier alpha value is -1.10. The largest absolute Gasteiger partial charge is 0.356 e. The molecule has 0 atom stereocenters. The Morgan fingerprint density at radius 3 is 2.52 bits per heavy atom. The Balaban J connectivity index is 2.04. The van der Waals surface area contributed by atoms with Gasteiger partial charge in [0, 0.05) is 31.2 Å². The van der Waals surface area contributed by atoms with Crippen LogP contribution in [0.4, 0.5) is 0 Å². The second-order valence-corrected chi connectivity index (χ2v) is 6.74. The molecule has 0 aliphatic rings. The summed E-state index contributed by atoms with van der Waals surface area (Å²) in [4.78, 5) is 8.73. The maximum Gasteiger partial charge on any atom is 0.190 e. The highest BCUT2D eigenvalue weighted by Gasteiger charge is 2.00. The molecule has 21 heavy (non-hydrogen) atoms. The number of rotatable bonds is 9. The van der Waals surface area contributed by atoms with Gasteiger partial charge in [0.15, 0.2) is 5.96 Å². The summed E-state index contributed by atoms with van der Waals surface area (Å²) in [6, 6.07) is 0. The van der Waals surface area contributed by atoms with Crippen molar-refractivity contribution in [3.63, 3.8) is 0 Å². The van der Waals surface area contributed by atoms with E-state index in [0.717, 1.165) is 43.5 Å². The zero-order valence-corrected chi connectivity index (χ0v) is 14.7. The minimum absolute atomic E-state index is 0.774. The highest BCUT2D eigenvalue weighted by molar-refractivity contribution is 7.09. The van der Waals surface area contributed by atoms with Crippen LogP contribution in [0.25, 0.3) is 0 Å². The molecule has 0 saturated heterocycles. The Kier molecular flexibility index (Phi) is 9.06. The fourth-order valence-corrected chi connectivity index (χ4v) is 2.88. The molecule has 2 N–H and O–H groups in total. The van der Waals surface area contributed by atoms with Crippen molar-refractivity contribution in [1.29, 1.82) is 0 Å². The van der Waals surface area contributed by atoms with Crippen LogP contribution >= 0.6 is 11.3 Å². The minimum atomic E-state index is 0.774. The first-order chi connectivity index (χ1) is 10.1. The van der Waals surface area contributed by atoms with Crippen molar-refractivity contribution in [2.75, 3.05) is 20.1 Å². The van der Waals surface area contributed by atoms with Gasteiger partial charge in [-0.3, -0.25) is 4.99 Å². The number of aliphatic imine (C=N–C) groups is 1. The lowest BCUT2D eigenvalue weighted by Crippen LogP contribution is -2.38. The van der Waals surface area contributed by atoms with Gasteiger partial charge in [-0.1, -0.05) is 13.8 Å². The number of aromatic nitrogens is 1. The van der Waals surface area contributed by atoms with Crippen LogP contribution in [0.3, 0.4) is 0 Å². The minimum Gasteiger partial charge on any atom is -0.356 e. The van der Waals surface area contributed by atoms with E-state index in [1.54, 1.807) is 11.3 Å². The predicted octanol–water partition coefficient (Wildman–Crippen LogP) is 3.38. The summed E-state index contributed by atoms with van der Waals surface area (Å²) in [5, 5.41) is 10.1. The summed E-state index contributed by atoms with van der Waals surface area (Å²) in [6.45, 7) is 8.54. The maximum absolute atomic E-state index is 4.49. The van der Waals surface area contributed by atoms with Gasteiger partial charge in [0.2, 0.25) is 0 Å². The van der Waals surface area contributed by atoms with Crippen molar-refractivity contribution >= 4 is 17.3 Å². The van der Waals surface area contributed by atoms with E-state index in [2.05, 4.69) is 46.8 Å². The lowest BCUT2D eigenvalue weighted by atomic mass is 10.1. The van der Waals surface area contributed by atoms with Gasteiger partial charge in [-0.05, 0) is 44.9 Å². The van der Waals surface area contributed by atoms with Crippen molar-refractivity contribution in [3.05, 3.63) is 16.1 Å². The molecule has 0 aliphatic heterocycles. The number of hydrogen-bond acceptors (Lipinski definition) is 3. The predicted molar refractivity (Wildman–Crippen MR) is 93.2 cm³/mol. The molecule has 0 spiro atoms. The van der Waals surface area contributed by atoms with Crippen LogP contribution in [-0.4, -0.2) is 31.1 Å². The first-order valence-electron chi connectivity index (χ1n) is 7.97. The van der Waals surface area contributed by atoms with Crippen molar-refractivity contribution in [2.45, 2.75) is 52.9 Å². The molecule has 0 unspecified atom stereocenters. The summed E-state index contributed by atoms with van der Waals surface area (Å²) in [6.07, 6.45) is 5.86. The zero-order valence-electron chi connectivity index (χ0n) is 13.9. The first kappa shape index (κ1) is 18.0. The highest BCUT2D eigenvalue weighted by Crippen LogP contribution is 2.11. The van der Waals surface area contributed by atoms with Crippen LogP contribution in [0.15, 0.2) is 10.4 Å². The molecule has 120 valence electrons. The van der Waals surface area contributed by atoms with E-state index in [9.17, 15) is 0 Å². The molecule has 1 aromatic rings. The van der Waals surface area contributed by atoms with Crippen molar-refractivity contribution in [1.82, 2.24) is 15.6 Å². The summed E-state index contributed by atoms with van der Waals surface area (Å²) in [5.74, 6) is 1.69. The molecule has 0 radical (unpaired) electrons. The number of unbranched alkanes of at least 4 members (excludes halogenated alkanes) is 1. The van der Waals surface area contributed by atoms with E-state index in [1.807, 2.05) is 7.05 Å². The Bertz CT molecular complexity index is 412. The van der Waals surface area contributed by atoms with Gasteiger partial charge in [-0.15, -0.1) is 11.3 Å². The van der Waals surface area contributed by atoms with E-state index >= 15 is 0 Å². The lowest BCUT2D eigenvalue weighted by molar-refractivity contribution is 0.549. The summed E-state index contributed by atoms with van der Waals surface area (Å²) < 4.78 is 0. The van der Waals surface area contributed by atoms with Gasteiger partial charge in [0.05, 0.1) is 5.01 Å². The van der Waals surface area contributed by atoms with E-state index < -0.39 is 0 Å². The van der Waals surface area contributed by atoms with Crippen LogP contribution in [0, 0.1) is 12.8 Å². The Morgan fingerprint density at radius 2 is 1.95 bits per heavy atom. The molecule has 0 aliphatic carbocycles. The van der Waals surface area contributed by atoms with E-state index in [0.29, 0.717) is 0 Å². The molecule has 1 heterocycles. The second-order valence-electron chi connectivity index (χ2n) is 5.80. The third kappa shape index (κ3) is 8.71. The van der Waals surface area contributed by atoms with Crippen LogP contribution in [0.2, 0.25) is 0 Å². The molecule has 1 aromatic heterocycles. The van der Waals surface area contributed by atoms with Crippen molar-refractivity contribution in [2.24, 2.45) is 10.9 Å². The number of nitrogens with one attached hydrogen (secondary N) is 2. The number of aryl methyl sites for hydroxylation is 2. The highest BCUT2D eigenvalue weighted by atomic mass is 32.1. The molecule has 0 fully saturated rings. The number of hydrogen-bond donors (Lipinski definition) is 2. The van der Waals surface area contributed by atoms with Crippen LogP contribution in [-0.2, 0) is 6.42 Å². The van der Waals surface area contributed by atoms with Crippen LogP contribution in [0.1, 0.15) is 50.2 Å². The van der Waals surface area contributed by atoms with Crippen molar-refractivity contribution < 1.29 is 0 Å². The smallest absolute Gasteiger partial charge is 0.190 e. The molecule has 1 rings (SSSR count). The topological polar surface area (TPSA) is 49.3 Å². The molecular formula is C16H30N4S. The van der Waals surface area contributed by atoms with Crippen LogP contribution < -0.4 is 10.6 Å². The SMILES string of the molecule is CN=C(NCCCCc1nc(C)cs1)NCCCC(C)C. The molecule has 5 heteroatoms. The van der Waals surface area contributed by atoms with Gasteiger partial charge in [0.1, 0.15) is 0 Å². The van der Waals surface area contributed by atoms with Crippen molar-refractivity contribution in [3.8, 4) is 0 Å². The molecule has 0 bridgehead atoms. The van der Waals surface area contributed by atoms with E-state index in [4.69, 9.17) is 0 Å². The van der Waals surface area contributed by atoms with E-state index in [-0.39, 0.29) is 0 Å². The first-order valence-corrected chi connectivity index (χ1v) is 8.85. The van der Waals surface area contributed by atoms with Gasteiger partial charge in [-0.25, -0.2) is 4.98 Å². The number of guanidine groups is 1. The standard InChI is InChI=1S/C16H30N4S/c1-13(2)8-7-11-19-16(17-4)18-10-6-5-9-15-20-14(3)12-21-15/h12-13H,5-11H2,1-4H3,(H2,17,18,19). The third-order valence-corrected chi connectivity index (χ3v) is 4.28. The Labute approximate surface area is 133 Å². The molecular weight excluding hydrogens is 280 g/mol. The molecule has 4 nitrogen and oxygen atoms in total. The lowest BCUT2D eigenvalue weighted by Gasteiger charge is -2.12.